The predicted octanol–water partition coefficient (Wildman–Crippen LogP) is 3.45. The summed E-state index contributed by atoms with van der Waals surface area (Å²) >= 11 is 0. The number of methoxy groups -OCH3 is 1. The lowest BCUT2D eigenvalue weighted by atomic mass is 9.71. The maximum absolute atomic E-state index is 11.4. The van der Waals surface area contributed by atoms with Gasteiger partial charge in [0, 0.05) is 30.9 Å². The molecule has 0 amide bonds. The Labute approximate surface area is 148 Å². The number of benzene rings is 1. The van der Waals surface area contributed by atoms with Gasteiger partial charge in [0.05, 0.1) is 12.0 Å². The fraction of sp³-hybridized carbons (Fsp3) is 0.684. The molecule has 2 heterocycles. The van der Waals surface area contributed by atoms with Crippen LogP contribution in [0.2, 0.25) is 0 Å². The third-order valence-corrected chi connectivity index (χ3v) is 6.37. The summed E-state index contributed by atoms with van der Waals surface area (Å²) in [6.07, 6.45) is 7.27. The zero-order valence-electron chi connectivity index (χ0n) is 14.9. The number of nitro groups is 1. The Balaban J connectivity index is 1.60. The van der Waals surface area contributed by atoms with E-state index in [-0.39, 0.29) is 10.6 Å². The summed E-state index contributed by atoms with van der Waals surface area (Å²) in [6, 6.07) is 3.67. The van der Waals surface area contributed by atoms with Crippen molar-refractivity contribution >= 4 is 11.4 Å². The number of nitrogens with zero attached hydrogens (tertiary/aromatic N) is 2. The standard InChI is InChI=1S/C19H27N3O3/c1-25-18-13-16(15(14-2-3-14)12-17(18)22(23)24)21-10-6-19(7-11-21)4-8-20-9-5-19/h12-14,20H,2-11H2,1H3. The van der Waals surface area contributed by atoms with Gasteiger partial charge in [0.2, 0.25) is 0 Å². The molecule has 0 radical (unpaired) electrons. The molecule has 2 aliphatic heterocycles. The highest BCUT2D eigenvalue weighted by Crippen LogP contribution is 2.49. The molecule has 136 valence electrons. The Morgan fingerprint density at radius 3 is 2.44 bits per heavy atom. The molecule has 6 heteroatoms. The normalized spacial score (nSPS) is 22.8. The van der Waals surface area contributed by atoms with Crippen LogP contribution in [0.3, 0.4) is 0 Å². The second kappa shape index (κ2) is 6.48. The van der Waals surface area contributed by atoms with Crippen molar-refractivity contribution in [3.8, 4) is 5.75 Å². The monoisotopic (exact) mass is 345 g/mol. The largest absolute Gasteiger partial charge is 0.490 e. The van der Waals surface area contributed by atoms with E-state index >= 15 is 0 Å². The van der Waals surface area contributed by atoms with Gasteiger partial charge in [-0.3, -0.25) is 10.1 Å². The van der Waals surface area contributed by atoms with Crippen molar-refractivity contribution in [2.45, 2.75) is 44.4 Å². The van der Waals surface area contributed by atoms with Gasteiger partial charge in [-0.1, -0.05) is 0 Å². The van der Waals surface area contributed by atoms with Gasteiger partial charge >= 0.3 is 5.69 Å². The molecule has 1 N–H and O–H groups in total. The summed E-state index contributed by atoms with van der Waals surface area (Å²) in [5, 5.41) is 14.8. The molecule has 2 saturated heterocycles. The van der Waals surface area contributed by atoms with Gasteiger partial charge in [-0.15, -0.1) is 0 Å². The summed E-state index contributed by atoms with van der Waals surface area (Å²) in [4.78, 5) is 13.5. The number of rotatable bonds is 4. The third-order valence-electron chi connectivity index (χ3n) is 6.37. The van der Waals surface area contributed by atoms with Gasteiger partial charge < -0.3 is 15.0 Å². The highest BCUT2D eigenvalue weighted by molar-refractivity contribution is 5.66. The molecule has 25 heavy (non-hydrogen) atoms. The van der Waals surface area contributed by atoms with Gasteiger partial charge in [0.1, 0.15) is 0 Å². The fourth-order valence-electron chi connectivity index (χ4n) is 4.55. The fourth-order valence-corrected chi connectivity index (χ4v) is 4.55. The van der Waals surface area contributed by atoms with Crippen LogP contribution in [-0.4, -0.2) is 38.2 Å². The molecule has 1 aromatic carbocycles. The minimum Gasteiger partial charge on any atom is -0.490 e. The molecule has 1 saturated carbocycles. The van der Waals surface area contributed by atoms with Gasteiger partial charge in [0.15, 0.2) is 5.75 Å². The third kappa shape index (κ3) is 3.19. The maximum atomic E-state index is 11.4. The maximum Gasteiger partial charge on any atom is 0.311 e. The van der Waals surface area contributed by atoms with E-state index in [2.05, 4.69) is 10.2 Å². The van der Waals surface area contributed by atoms with Crippen molar-refractivity contribution < 1.29 is 9.66 Å². The van der Waals surface area contributed by atoms with Crippen molar-refractivity contribution in [2.75, 3.05) is 38.2 Å². The SMILES string of the molecule is COc1cc(N2CCC3(CCNCC3)CC2)c(C2CC2)cc1[N+](=O)[O-]. The number of hydrogen-bond acceptors (Lipinski definition) is 5. The first-order chi connectivity index (χ1) is 12.1. The summed E-state index contributed by atoms with van der Waals surface area (Å²) < 4.78 is 5.33. The number of nitro benzene ring substituents is 1. The molecule has 0 unspecified atom stereocenters. The first-order valence-electron chi connectivity index (χ1n) is 9.44. The minimum atomic E-state index is -0.325. The second-order valence-electron chi connectivity index (χ2n) is 7.85. The Kier molecular flexibility index (Phi) is 4.31. The Morgan fingerprint density at radius 1 is 1.20 bits per heavy atom. The Bertz CT molecular complexity index is 656. The van der Waals surface area contributed by atoms with Crippen LogP contribution in [0.15, 0.2) is 12.1 Å². The van der Waals surface area contributed by atoms with Crippen molar-refractivity contribution in [1.82, 2.24) is 5.32 Å². The smallest absolute Gasteiger partial charge is 0.311 e. The van der Waals surface area contributed by atoms with E-state index in [1.54, 1.807) is 6.07 Å². The molecular weight excluding hydrogens is 318 g/mol. The Morgan fingerprint density at radius 2 is 1.88 bits per heavy atom. The number of nitrogens with one attached hydrogen (secondary N) is 1. The number of hydrogen-bond donors (Lipinski definition) is 1. The average Bonchev–Trinajstić information content (AvgIpc) is 3.47. The molecule has 3 aliphatic rings. The van der Waals surface area contributed by atoms with Crippen LogP contribution in [0.4, 0.5) is 11.4 Å². The van der Waals surface area contributed by atoms with E-state index in [4.69, 9.17) is 4.74 Å². The lowest BCUT2D eigenvalue weighted by Crippen LogP contribution is -2.45. The number of anilines is 1. The topological polar surface area (TPSA) is 67.6 Å². The average molecular weight is 345 g/mol. The highest BCUT2D eigenvalue weighted by Gasteiger charge is 2.38. The van der Waals surface area contributed by atoms with Gasteiger partial charge in [-0.2, -0.15) is 0 Å². The molecule has 1 aromatic rings. The van der Waals surface area contributed by atoms with E-state index < -0.39 is 0 Å². The molecule has 4 rings (SSSR count). The quantitative estimate of drug-likeness (QED) is 0.669. The van der Waals surface area contributed by atoms with E-state index in [9.17, 15) is 10.1 Å². The molecule has 0 aromatic heterocycles. The molecule has 6 nitrogen and oxygen atoms in total. The van der Waals surface area contributed by atoms with Crippen molar-refractivity contribution in [1.29, 1.82) is 0 Å². The van der Waals surface area contributed by atoms with Crippen LogP contribution in [-0.2, 0) is 0 Å². The zero-order chi connectivity index (χ0) is 17.4. The second-order valence-corrected chi connectivity index (χ2v) is 7.85. The van der Waals surface area contributed by atoms with E-state index in [0.29, 0.717) is 17.1 Å². The van der Waals surface area contributed by atoms with Crippen LogP contribution in [0, 0.1) is 15.5 Å². The van der Waals surface area contributed by atoms with E-state index in [0.717, 1.165) is 50.3 Å². The van der Waals surface area contributed by atoms with Crippen molar-refractivity contribution in [3.63, 3.8) is 0 Å². The molecular formula is C19H27N3O3. The molecule has 0 atom stereocenters. The lowest BCUT2D eigenvalue weighted by Gasteiger charge is -2.45. The highest BCUT2D eigenvalue weighted by atomic mass is 16.6. The minimum absolute atomic E-state index is 0.0972. The zero-order valence-corrected chi connectivity index (χ0v) is 14.9. The van der Waals surface area contributed by atoms with Crippen LogP contribution in [0.25, 0.3) is 0 Å². The molecule has 0 bridgehead atoms. The van der Waals surface area contributed by atoms with Gasteiger partial charge in [-0.25, -0.2) is 0 Å². The first-order valence-corrected chi connectivity index (χ1v) is 9.44. The van der Waals surface area contributed by atoms with Crippen molar-refractivity contribution in [2.24, 2.45) is 5.41 Å². The first kappa shape index (κ1) is 16.6. The summed E-state index contributed by atoms with van der Waals surface area (Å²) in [7, 11) is 1.52. The number of piperidine rings is 2. The predicted molar refractivity (Wildman–Crippen MR) is 97.6 cm³/mol. The van der Waals surface area contributed by atoms with Gasteiger partial charge in [-0.05, 0) is 68.5 Å². The lowest BCUT2D eigenvalue weighted by molar-refractivity contribution is -0.385. The molecule has 1 aliphatic carbocycles. The summed E-state index contributed by atoms with van der Waals surface area (Å²) in [5.41, 5.74) is 2.91. The van der Waals surface area contributed by atoms with Crippen LogP contribution >= 0.6 is 0 Å². The van der Waals surface area contributed by atoms with Crippen LogP contribution < -0.4 is 15.0 Å². The van der Waals surface area contributed by atoms with E-state index in [1.165, 1.54) is 32.8 Å². The van der Waals surface area contributed by atoms with E-state index in [1.807, 2.05) is 6.07 Å². The van der Waals surface area contributed by atoms with Crippen molar-refractivity contribution in [3.05, 3.63) is 27.8 Å². The summed E-state index contributed by atoms with van der Waals surface area (Å²) in [6.45, 7) is 4.36. The van der Waals surface area contributed by atoms with Crippen LogP contribution in [0.5, 0.6) is 5.75 Å². The van der Waals surface area contributed by atoms with Gasteiger partial charge in [0.25, 0.3) is 0 Å². The summed E-state index contributed by atoms with van der Waals surface area (Å²) in [5.74, 6) is 0.862. The Hall–Kier alpha value is -1.82. The molecule has 1 spiro atoms. The molecule has 3 fully saturated rings. The number of ether oxygens (including phenoxy) is 1. The van der Waals surface area contributed by atoms with Crippen LogP contribution in [0.1, 0.15) is 50.0 Å².